The lowest BCUT2D eigenvalue weighted by molar-refractivity contribution is -0.119. The quantitative estimate of drug-likeness (QED) is 0.492. The van der Waals surface area contributed by atoms with Crippen molar-refractivity contribution in [3.8, 4) is 6.07 Å². The SMILES string of the molecule is Cn1nc(C(=O)OCC(=O)Nc2ccccc2SCC#N)c2ccccc2c1=O. The summed E-state index contributed by atoms with van der Waals surface area (Å²) in [6, 6.07) is 15.6. The molecule has 0 spiro atoms. The summed E-state index contributed by atoms with van der Waals surface area (Å²) >= 11 is 1.29. The number of anilines is 1. The Morgan fingerprint density at radius 2 is 1.86 bits per heavy atom. The molecule has 0 saturated heterocycles. The van der Waals surface area contributed by atoms with Crippen LogP contribution < -0.4 is 10.9 Å². The minimum Gasteiger partial charge on any atom is -0.451 e. The van der Waals surface area contributed by atoms with Gasteiger partial charge < -0.3 is 10.1 Å². The number of aromatic nitrogens is 2. The fourth-order valence-corrected chi connectivity index (χ4v) is 3.31. The molecule has 8 nitrogen and oxygen atoms in total. The second-order valence-corrected chi connectivity index (χ2v) is 6.91. The first kappa shape index (κ1) is 20.1. The lowest BCUT2D eigenvalue weighted by Crippen LogP contribution is -2.26. The Hall–Kier alpha value is -3.64. The number of hydrogen-bond acceptors (Lipinski definition) is 7. The maximum Gasteiger partial charge on any atom is 0.359 e. The molecule has 0 atom stereocenters. The van der Waals surface area contributed by atoms with Crippen LogP contribution in [0.2, 0.25) is 0 Å². The molecule has 0 fully saturated rings. The molecule has 1 N–H and O–H groups in total. The molecule has 0 radical (unpaired) electrons. The van der Waals surface area contributed by atoms with Crippen LogP contribution in [0.1, 0.15) is 10.5 Å². The van der Waals surface area contributed by atoms with Crippen LogP contribution in [-0.2, 0) is 16.6 Å². The number of ether oxygens (including phenoxy) is 1. The van der Waals surface area contributed by atoms with Crippen molar-refractivity contribution in [3.05, 3.63) is 64.6 Å². The van der Waals surface area contributed by atoms with Crippen molar-refractivity contribution in [1.82, 2.24) is 9.78 Å². The second-order valence-electron chi connectivity index (χ2n) is 5.89. The fraction of sp³-hybridized carbons (Fsp3) is 0.150. The predicted molar refractivity (Wildman–Crippen MR) is 109 cm³/mol. The van der Waals surface area contributed by atoms with Crippen molar-refractivity contribution in [3.63, 3.8) is 0 Å². The van der Waals surface area contributed by atoms with Crippen LogP contribution in [0.15, 0.2) is 58.2 Å². The van der Waals surface area contributed by atoms with Crippen LogP contribution in [0, 0.1) is 11.3 Å². The number of fused-ring (bicyclic) bond motifs is 1. The van der Waals surface area contributed by atoms with Gasteiger partial charge in [-0.3, -0.25) is 9.59 Å². The normalized spacial score (nSPS) is 10.3. The van der Waals surface area contributed by atoms with Crippen molar-refractivity contribution in [2.24, 2.45) is 7.05 Å². The number of amides is 1. The highest BCUT2D eigenvalue weighted by Crippen LogP contribution is 2.26. The fourth-order valence-electron chi connectivity index (χ4n) is 2.64. The Labute approximate surface area is 170 Å². The zero-order valence-electron chi connectivity index (χ0n) is 15.4. The van der Waals surface area contributed by atoms with Crippen LogP contribution in [0.5, 0.6) is 0 Å². The van der Waals surface area contributed by atoms with Crippen molar-refractivity contribution < 1.29 is 14.3 Å². The van der Waals surface area contributed by atoms with E-state index in [0.29, 0.717) is 16.5 Å². The van der Waals surface area contributed by atoms with Gasteiger partial charge in [0.05, 0.1) is 22.9 Å². The average molecular weight is 408 g/mol. The summed E-state index contributed by atoms with van der Waals surface area (Å²) < 4.78 is 6.16. The Morgan fingerprint density at radius 1 is 1.17 bits per heavy atom. The first-order chi connectivity index (χ1) is 14.0. The van der Waals surface area contributed by atoms with E-state index in [2.05, 4.69) is 10.4 Å². The number of nitrogens with zero attached hydrogens (tertiary/aromatic N) is 3. The van der Waals surface area contributed by atoms with Crippen molar-refractivity contribution >= 4 is 40.1 Å². The number of aryl methyl sites for hydroxylation is 1. The number of rotatable bonds is 6. The molecule has 0 bridgehead atoms. The van der Waals surface area contributed by atoms with Crippen LogP contribution >= 0.6 is 11.8 Å². The van der Waals surface area contributed by atoms with E-state index in [0.717, 1.165) is 9.58 Å². The van der Waals surface area contributed by atoms with Crippen LogP contribution in [0.25, 0.3) is 10.8 Å². The number of benzene rings is 2. The smallest absolute Gasteiger partial charge is 0.359 e. The van der Waals surface area contributed by atoms with Gasteiger partial charge in [0, 0.05) is 17.3 Å². The van der Waals surface area contributed by atoms with Gasteiger partial charge in [-0.2, -0.15) is 10.4 Å². The van der Waals surface area contributed by atoms with Gasteiger partial charge >= 0.3 is 5.97 Å². The van der Waals surface area contributed by atoms with Gasteiger partial charge in [0.15, 0.2) is 12.3 Å². The Kier molecular flexibility index (Phi) is 6.26. The number of esters is 1. The van der Waals surface area contributed by atoms with Gasteiger partial charge in [0.2, 0.25) is 0 Å². The van der Waals surface area contributed by atoms with E-state index < -0.39 is 18.5 Å². The molecule has 29 heavy (non-hydrogen) atoms. The van der Waals surface area contributed by atoms with Crippen LogP contribution in [-0.4, -0.2) is 34.0 Å². The number of carbonyl (C=O) groups is 2. The number of para-hydroxylation sites is 1. The monoisotopic (exact) mass is 408 g/mol. The lowest BCUT2D eigenvalue weighted by atomic mass is 10.1. The van der Waals surface area contributed by atoms with E-state index >= 15 is 0 Å². The molecular formula is C20H16N4O4S. The average Bonchev–Trinajstić information content (AvgIpc) is 2.74. The Morgan fingerprint density at radius 3 is 2.62 bits per heavy atom. The number of carbonyl (C=O) groups excluding carboxylic acids is 2. The second kappa shape index (κ2) is 9.03. The maximum atomic E-state index is 12.5. The largest absolute Gasteiger partial charge is 0.451 e. The lowest BCUT2D eigenvalue weighted by Gasteiger charge is -2.11. The Bertz CT molecular complexity index is 1180. The predicted octanol–water partition coefficient (Wildman–Crippen LogP) is 2.34. The standard InChI is InChI=1S/C20H16N4O4S/c1-24-19(26)14-7-3-2-6-13(14)18(23-24)20(27)28-12-17(25)22-15-8-4-5-9-16(15)29-11-10-21/h2-9H,11-12H2,1H3,(H,22,25). The van der Waals surface area contributed by atoms with Gasteiger partial charge in [0.25, 0.3) is 11.5 Å². The van der Waals surface area contributed by atoms with Gasteiger partial charge in [-0.15, -0.1) is 11.8 Å². The zero-order valence-corrected chi connectivity index (χ0v) is 16.2. The van der Waals surface area contributed by atoms with Crippen molar-refractivity contribution in [2.75, 3.05) is 17.7 Å². The van der Waals surface area contributed by atoms with E-state index in [1.165, 1.54) is 18.8 Å². The van der Waals surface area contributed by atoms with Gasteiger partial charge in [-0.1, -0.05) is 30.3 Å². The third kappa shape index (κ3) is 4.62. The van der Waals surface area contributed by atoms with Crippen LogP contribution in [0.3, 0.4) is 0 Å². The van der Waals surface area contributed by atoms with Gasteiger partial charge in [0.1, 0.15) is 0 Å². The van der Waals surface area contributed by atoms with Crippen molar-refractivity contribution in [2.45, 2.75) is 4.90 Å². The van der Waals surface area contributed by atoms with E-state index in [-0.39, 0.29) is 17.0 Å². The Balaban J connectivity index is 1.72. The zero-order chi connectivity index (χ0) is 20.8. The van der Waals surface area contributed by atoms with E-state index in [4.69, 9.17) is 10.00 Å². The molecule has 1 heterocycles. The molecule has 9 heteroatoms. The molecule has 3 rings (SSSR count). The minimum atomic E-state index is -0.806. The molecule has 0 saturated carbocycles. The van der Waals surface area contributed by atoms with Crippen molar-refractivity contribution in [1.29, 1.82) is 5.26 Å². The first-order valence-electron chi connectivity index (χ1n) is 8.53. The number of nitriles is 1. The summed E-state index contributed by atoms with van der Waals surface area (Å²) in [5.74, 6) is -1.09. The summed E-state index contributed by atoms with van der Waals surface area (Å²) in [6.45, 7) is -0.519. The molecule has 2 aromatic carbocycles. The highest BCUT2D eigenvalue weighted by molar-refractivity contribution is 7.99. The molecule has 0 aliphatic heterocycles. The molecule has 0 aliphatic rings. The summed E-state index contributed by atoms with van der Waals surface area (Å²) in [5.41, 5.74) is 0.154. The minimum absolute atomic E-state index is 0.0412. The molecule has 1 amide bonds. The van der Waals surface area contributed by atoms with Gasteiger partial charge in [-0.25, -0.2) is 9.48 Å². The van der Waals surface area contributed by atoms with E-state index in [1.54, 1.807) is 48.5 Å². The number of hydrogen-bond donors (Lipinski definition) is 1. The molecule has 0 unspecified atom stereocenters. The molecule has 1 aromatic heterocycles. The third-order valence-corrected chi connectivity index (χ3v) is 4.88. The third-order valence-electron chi connectivity index (χ3n) is 3.94. The maximum absolute atomic E-state index is 12.5. The van der Waals surface area contributed by atoms with Gasteiger partial charge in [-0.05, 0) is 18.2 Å². The number of thioether (sulfide) groups is 1. The van der Waals surface area contributed by atoms with E-state index in [9.17, 15) is 14.4 Å². The first-order valence-corrected chi connectivity index (χ1v) is 9.51. The summed E-state index contributed by atoms with van der Waals surface area (Å²) in [5, 5.41) is 16.1. The highest BCUT2D eigenvalue weighted by Gasteiger charge is 2.18. The molecule has 0 aliphatic carbocycles. The van der Waals surface area contributed by atoms with E-state index in [1.807, 2.05) is 6.07 Å². The molecular weight excluding hydrogens is 392 g/mol. The summed E-state index contributed by atoms with van der Waals surface area (Å²) in [6.07, 6.45) is 0. The molecule has 3 aromatic rings. The molecule has 146 valence electrons. The summed E-state index contributed by atoms with van der Waals surface area (Å²) in [4.78, 5) is 37.6. The summed E-state index contributed by atoms with van der Waals surface area (Å²) in [7, 11) is 1.44. The number of nitrogens with one attached hydrogen (secondary N) is 1. The highest BCUT2D eigenvalue weighted by atomic mass is 32.2. The van der Waals surface area contributed by atoms with Crippen LogP contribution in [0.4, 0.5) is 5.69 Å². The topological polar surface area (TPSA) is 114 Å².